The molecule has 2 aromatic carbocycles. The molecule has 0 spiro atoms. The van der Waals surface area contributed by atoms with Crippen molar-refractivity contribution in [3.8, 4) is 6.07 Å². The molecule has 1 N–H and O–H groups in total. The van der Waals surface area contributed by atoms with Gasteiger partial charge in [0.1, 0.15) is 0 Å². The second-order valence-corrected chi connectivity index (χ2v) is 9.28. The van der Waals surface area contributed by atoms with Gasteiger partial charge in [-0.25, -0.2) is 4.79 Å². The summed E-state index contributed by atoms with van der Waals surface area (Å²) in [5.74, 6) is 0. The number of nitrogens with zero attached hydrogens (tertiary/aromatic N) is 4. The summed E-state index contributed by atoms with van der Waals surface area (Å²) >= 11 is 0. The van der Waals surface area contributed by atoms with Crippen LogP contribution in [0.4, 0.5) is 4.79 Å². The molecule has 1 saturated heterocycles. The minimum absolute atomic E-state index is 0.0441. The zero-order valence-corrected chi connectivity index (χ0v) is 18.3. The Bertz CT molecular complexity index is 980. The number of rotatable bonds is 6. The first-order chi connectivity index (χ1) is 14.9. The van der Waals surface area contributed by atoms with Gasteiger partial charge in [0.05, 0.1) is 29.8 Å². The highest BCUT2D eigenvalue weighted by Gasteiger charge is 2.43. The fourth-order valence-corrected chi connectivity index (χ4v) is 4.68. The largest absolute Gasteiger partial charge is 0.390 e. The number of β-amino-alcohol motifs (C(OH)–C–C–N with tert-alkyl or cyclic N) is 1. The number of amides is 2. The number of carbonyl (C=O) groups excluding carboxylic acids is 1. The van der Waals surface area contributed by atoms with Crippen molar-refractivity contribution in [2.24, 2.45) is 0 Å². The SMILES string of the molecule is CC1(C)CN(Cc2ccc(C#N)cc2)C(=O)N1C[C@H](O)CN1CCc2ccccc2C1. The van der Waals surface area contributed by atoms with Gasteiger partial charge >= 0.3 is 6.03 Å². The minimum Gasteiger partial charge on any atom is -0.390 e. The van der Waals surface area contributed by atoms with Gasteiger partial charge in [-0.15, -0.1) is 0 Å². The Morgan fingerprint density at radius 1 is 1.10 bits per heavy atom. The van der Waals surface area contributed by atoms with Crippen LogP contribution in [0.1, 0.15) is 36.1 Å². The number of aliphatic hydroxyl groups is 1. The number of urea groups is 1. The normalized spacial score (nSPS) is 19.2. The van der Waals surface area contributed by atoms with Crippen molar-refractivity contribution in [3.05, 3.63) is 70.8 Å². The maximum absolute atomic E-state index is 13.1. The Morgan fingerprint density at radius 2 is 1.81 bits per heavy atom. The van der Waals surface area contributed by atoms with Crippen LogP contribution in [-0.2, 0) is 19.5 Å². The topological polar surface area (TPSA) is 70.8 Å². The molecule has 0 saturated carbocycles. The van der Waals surface area contributed by atoms with E-state index in [1.165, 1.54) is 11.1 Å². The molecular weight excluding hydrogens is 388 g/mol. The molecule has 2 aliphatic heterocycles. The standard InChI is InChI=1S/C25H30N4O2/c1-25(2)18-28(14-20-9-7-19(13-26)8-10-20)24(31)29(25)17-23(30)16-27-12-11-21-5-3-4-6-22(21)15-27/h3-10,23,30H,11-12,14-18H2,1-2H3/t23-/m1/s1. The van der Waals surface area contributed by atoms with Crippen LogP contribution < -0.4 is 0 Å². The summed E-state index contributed by atoms with van der Waals surface area (Å²) in [6.07, 6.45) is 0.401. The van der Waals surface area contributed by atoms with Crippen molar-refractivity contribution < 1.29 is 9.90 Å². The summed E-state index contributed by atoms with van der Waals surface area (Å²) in [4.78, 5) is 19.0. The highest BCUT2D eigenvalue weighted by atomic mass is 16.3. The van der Waals surface area contributed by atoms with E-state index >= 15 is 0 Å². The van der Waals surface area contributed by atoms with Crippen LogP contribution in [0.15, 0.2) is 48.5 Å². The molecule has 1 atom stereocenters. The van der Waals surface area contributed by atoms with Crippen LogP contribution in [0.3, 0.4) is 0 Å². The zero-order chi connectivity index (χ0) is 22.0. The summed E-state index contributed by atoms with van der Waals surface area (Å²) in [5, 5.41) is 19.8. The van der Waals surface area contributed by atoms with Gasteiger partial charge in [-0.05, 0) is 49.1 Å². The molecule has 0 aromatic heterocycles. The zero-order valence-electron chi connectivity index (χ0n) is 18.3. The summed E-state index contributed by atoms with van der Waals surface area (Å²) < 4.78 is 0. The van der Waals surface area contributed by atoms with E-state index in [2.05, 4.69) is 35.2 Å². The van der Waals surface area contributed by atoms with Gasteiger partial charge in [-0.1, -0.05) is 36.4 Å². The molecule has 2 amide bonds. The van der Waals surface area contributed by atoms with Crippen LogP contribution in [0, 0.1) is 11.3 Å². The first-order valence-electron chi connectivity index (χ1n) is 10.9. The Labute approximate surface area is 184 Å². The van der Waals surface area contributed by atoms with Crippen LogP contribution in [0.5, 0.6) is 0 Å². The van der Waals surface area contributed by atoms with E-state index in [1.54, 1.807) is 17.0 Å². The van der Waals surface area contributed by atoms with Crippen molar-refractivity contribution in [2.75, 3.05) is 26.2 Å². The molecule has 31 heavy (non-hydrogen) atoms. The van der Waals surface area contributed by atoms with Crippen LogP contribution in [-0.4, -0.2) is 63.7 Å². The van der Waals surface area contributed by atoms with Gasteiger partial charge in [0.2, 0.25) is 0 Å². The van der Waals surface area contributed by atoms with Crippen molar-refractivity contribution in [1.29, 1.82) is 5.26 Å². The molecule has 0 bridgehead atoms. The highest BCUT2D eigenvalue weighted by Crippen LogP contribution is 2.28. The number of benzene rings is 2. The number of carbonyl (C=O) groups is 1. The maximum Gasteiger partial charge on any atom is 0.320 e. The molecule has 0 unspecified atom stereocenters. The van der Waals surface area contributed by atoms with E-state index in [-0.39, 0.29) is 11.6 Å². The Hall–Kier alpha value is -2.88. The molecule has 6 heteroatoms. The molecule has 2 aromatic rings. The molecule has 0 aliphatic carbocycles. The Morgan fingerprint density at radius 3 is 2.52 bits per heavy atom. The summed E-state index contributed by atoms with van der Waals surface area (Å²) in [7, 11) is 0. The van der Waals surface area contributed by atoms with Gasteiger partial charge in [0.25, 0.3) is 0 Å². The lowest BCUT2D eigenvalue weighted by Gasteiger charge is -2.34. The number of hydrogen-bond donors (Lipinski definition) is 1. The smallest absolute Gasteiger partial charge is 0.320 e. The lowest BCUT2D eigenvalue weighted by Crippen LogP contribution is -2.49. The first kappa shape index (κ1) is 21.4. The van der Waals surface area contributed by atoms with Gasteiger partial charge in [-0.3, -0.25) is 4.90 Å². The molecule has 2 heterocycles. The van der Waals surface area contributed by atoms with Crippen molar-refractivity contribution in [3.63, 3.8) is 0 Å². The molecule has 162 valence electrons. The number of fused-ring (bicyclic) bond motifs is 1. The predicted molar refractivity (Wildman–Crippen MR) is 119 cm³/mol. The van der Waals surface area contributed by atoms with Gasteiger partial charge in [0, 0.05) is 32.7 Å². The van der Waals surface area contributed by atoms with E-state index in [1.807, 2.05) is 30.9 Å². The Balaban J connectivity index is 1.36. The second-order valence-electron chi connectivity index (χ2n) is 9.28. The Kier molecular flexibility index (Phi) is 5.99. The maximum atomic E-state index is 13.1. The molecule has 6 nitrogen and oxygen atoms in total. The summed E-state index contributed by atoms with van der Waals surface area (Å²) in [6, 6.07) is 17.9. The molecule has 2 aliphatic rings. The third-order valence-corrected chi connectivity index (χ3v) is 6.34. The fourth-order valence-electron chi connectivity index (χ4n) is 4.68. The third-order valence-electron chi connectivity index (χ3n) is 6.34. The fraction of sp³-hybridized carbons (Fsp3) is 0.440. The lowest BCUT2D eigenvalue weighted by atomic mass is 9.99. The van der Waals surface area contributed by atoms with Gasteiger partial charge < -0.3 is 14.9 Å². The quantitative estimate of drug-likeness (QED) is 0.783. The van der Waals surface area contributed by atoms with Crippen LogP contribution in [0.25, 0.3) is 0 Å². The average Bonchev–Trinajstić information content (AvgIpc) is 2.97. The van der Waals surface area contributed by atoms with E-state index in [4.69, 9.17) is 5.26 Å². The summed E-state index contributed by atoms with van der Waals surface area (Å²) in [5.41, 5.74) is 3.98. The number of nitriles is 1. The number of aliphatic hydroxyl groups excluding tert-OH is 1. The second kappa shape index (κ2) is 8.70. The molecule has 0 radical (unpaired) electrons. The molecule has 4 rings (SSSR count). The number of hydrogen-bond acceptors (Lipinski definition) is 4. The van der Waals surface area contributed by atoms with Crippen LogP contribution >= 0.6 is 0 Å². The lowest BCUT2D eigenvalue weighted by molar-refractivity contribution is 0.0617. The summed E-state index contributed by atoms with van der Waals surface area (Å²) in [6.45, 7) is 7.86. The van der Waals surface area contributed by atoms with E-state index in [0.717, 1.165) is 25.1 Å². The molecular formula is C25H30N4O2. The van der Waals surface area contributed by atoms with Gasteiger partial charge in [0.15, 0.2) is 0 Å². The highest BCUT2D eigenvalue weighted by molar-refractivity contribution is 5.78. The van der Waals surface area contributed by atoms with Crippen molar-refractivity contribution in [1.82, 2.24) is 14.7 Å². The van der Waals surface area contributed by atoms with Crippen LogP contribution in [0.2, 0.25) is 0 Å². The third kappa shape index (κ3) is 4.73. The predicted octanol–water partition coefficient (Wildman–Crippen LogP) is 2.99. The van der Waals surface area contributed by atoms with Gasteiger partial charge in [-0.2, -0.15) is 5.26 Å². The first-order valence-corrected chi connectivity index (χ1v) is 10.9. The van der Waals surface area contributed by atoms with E-state index in [0.29, 0.717) is 31.7 Å². The van der Waals surface area contributed by atoms with E-state index in [9.17, 15) is 9.90 Å². The minimum atomic E-state index is -0.594. The molecule has 1 fully saturated rings. The van der Waals surface area contributed by atoms with Crippen molar-refractivity contribution >= 4 is 6.03 Å². The average molecular weight is 419 g/mol. The monoisotopic (exact) mass is 418 g/mol. The van der Waals surface area contributed by atoms with E-state index < -0.39 is 6.10 Å². The van der Waals surface area contributed by atoms with Crippen molar-refractivity contribution in [2.45, 2.75) is 45.0 Å².